The van der Waals surface area contributed by atoms with Gasteiger partial charge in [0.15, 0.2) is 0 Å². The van der Waals surface area contributed by atoms with Gasteiger partial charge in [-0.15, -0.1) is 0 Å². The van der Waals surface area contributed by atoms with Crippen LogP contribution in [0, 0.1) is 5.92 Å². The van der Waals surface area contributed by atoms with Gasteiger partial charge in [-0.2, -0.15) is 11.8 Å². The van der Waals surface area contributed by atoms with Crippen LogP contribution in [0.1, 0.15) is 13.3 Å². The zero-order valence-electron chi connectivity index (χ0n) is 7.55. The maximum absolute atomic E-state index is 2.27. The van der Waals surface area contributed by atoms with Crippen molar-refractivity contribution in [2.24, 2.45) is 5.92 Å². The first-order chi connectivity index (χ1) is 4.70. The van der Waals surface area contributed by atoms with Gasteiger partial charge in [0, 0.05) is 6.54 Å². The summed E-state index contributed by atoms with van der Waals surface area (Å²) in [6.07, 6.45) is 3.48. The molecule has 10 heavy (non-hydrogen) atoms. The second-order valence-corrected chi connectivity index (χ2v) is 3.90. The van der Waals surface area contributed by atoms with Crippen LogP contribution in [0.3, 0.4) is 0 Å². The molecule has 0 radical (unpaired) electrons. The molecule has 62 valence electrons. The fourth-order valence-electron chi connectivity index (χ4n) is 1.05. The Hall–Kier alpha value is 0.310. The smallest absolute Gasteiger partial charge is 0.00113 e. The number of hydrogen-bond donors (Lipinski definition) is 0. The van der Waals surface area contributed by atoms with Crippen LogP contribution in [-0.4, -0.2) is 37.5 Å². The molecule has 0 rings (SSSR count). The SMILES string of the molecule is CCC(CSC)CN(C)C. The first-order valence-electron chi connectivity index (χ1n) is 3.84. The molecule has 0 aromatic heterocycles. The van der Waals surface area contributed by atoms with E-state index in [2.05, 4.69) is 32.2 Å². The minimum absolute atomic E-state index is 0.880. The van der Waals surface area contributed by atoms with E-state index in [0.717, 1.165) is 5.92 Å². The standard InChI is InChI=1S/C8H19NS/c1-5-8(7-10-4)6-9(2)3/h8H,5-7H2,1-4H3. The maximum Gasteiger partial charge on any atom is 0.00113 e. The van der Waals surface area contributed by atoms with Crippen LogP contribution in [0.15, 0.2) is 0 Å². The Morgan fingerprint density at radius 2 is 2.00 bits per heavy atom. The Kier molecular flexibility index (Phi) is 6.24. The van der Waals surface area contributed by atoms with Crippen molar-refractivity contribution < 1.29 is 0 Å². The van der Waals surface area contributed by atoms with E-state index in [9.17, 15) is 0 Å². The summed E-state index contributed by atoms with van der Waals surface area (Å²) in [5.41, 5.74) is 0. The van der Waals surface area contributed by atoms with Crippen LogP contribution in [0.5, 0.6) is 0 Å². The monoisotopic (exact) mass is 161 g/mol. The van der Waals surface area contributed by atoms with Crippen LogP contribution in [0.2, 0.25) is 0 Å². The Balaban J connectivity index is 3.39. The Morgan fingerprint density at radius 3 is 2.30 bits per heavy atom. The number of hydrogen-bond acceptors (Lipinski definition) is 2. The average Bonchev–Trinajstić information content (AvgIpc) is 1.86. The quantitative estimate of drug-likeness (QED) is 0.606. The molecule has 0 aliphatic heterocycles. The van der Waals surface area contributed by atoms with Crippen LogP contribution >= 0.6 is 11.8 Å². The molecule has 0 aromatic rings. The summed E-state index contributed by atoms with van der Waals surface area (Å²) in [4.78, 5) is 2.27. The van der Waals surface area contributed by atoms with Gasteiger partial charge in [0.25, 0.3) is 0 Å². The summed E-state index contributed by atoms with van der Waals surface area (Å²) < 4.78 is 0. The van der Waals surface area contributed by atoms with E-state index in [-0.39, 0.29) is 0 Å². The zero-order chi connectivity index (χ0) is 7.98. The van der Waals surface area contributed by atoms with E-state index in [1.54, 1.807) is 0 Å². The van der Waals surface area contributed by atoms with Gasteiger partial charge >= 0.3 is 0 Å². The van der Waals surface area contributed by atoms with Gasteiger partial charge in [0.2, 0.25) is 0 Å². The van der Waals surface area contributed by atoms with Gasteiger partial charge in [0.1, 0.15) is 0 Å². The van der Waals surface area contributed by atoms with E-state index in [0.29, 0.717) is 0 Å². The third-order valence-electron chi connectivity index (χ3n) is 1.60. The van der Waals surface area contributed by atoms with Crippen LogP contribution in [0.25, 0.3) is 0 Å². The molecule has 0 aliphatic rings. The van der Waals surface area contributed by atoms with Crippen molar-refractivity contribution in [1.29, 1.82) is 0 Å². The highest BCUT2D eigenvalue weighted by Gasteiger charge is 2.05. The summed E-state index contributed by atoms with van der Waals surface area (Å²) >= 11 is 1.95. The van der Waals surface area contributed by atoms with E-state index in [1.807, 2.05) is 11.8 Å². The average molecular weight is 161 g/mol. The molecule has 0 fully saturated rings. The van der Waals surface area contributed by atoms with Gasteiger partial charge in [0.05, 0.1) is 0 Å². The highest BCUT2D eigenvalue weighted by atomic mass is 32.2. The normalized spacial score (nSPS) is 14.1. The topological polar surface area (TPSA) is 3.24 Å². The number of thioether (sulfide) groups is 1. The van der Waals surface area contributed by atoms with Gasteiger partial charge in [-0.05, 0) is 32.0 Å². The molecular formula is C8H19NS. The Morgan fingerprint density at radius 1 is 1.40 bits per heavy atom. The molecule has 0 aromatic carbocycles. The molecule has 0 saturated heterocycles. The van der Waals surface area contributed by atoms with Gasteiger partial charge in [-0.3, -0.25) is 0 Å². The third-order valence-corrected chi connectivity index (χ3v) is 2.41. The lowest BCUT2D eigenvalue weighted by molar-refractivity contribution is 0.337. The Bertz CT molecular complexity index is 73.7. The van der Waals surface area contributed by atoms with Crippen molar-refractivity contribution in [2.45, 2.75) is 13.3 Å². The molecular weight excluding hydrogens is 142 g/mol. The molecule has 1 atom stereocenters. The lowest BCUT2D eigenvalue weighted by Crippen LogP contribution is -2.22. The molecule has 1 nitrogen and oxygen atoms in total. The van der Waals surface area contributed by atoms with Gasteiger partial charge in [-0.25, -0.2) is 0 Å². The second kappa shape index (κ2) is 6.05. The molecule has 0 aliphatic carbocycles. The fourth-order valence-corrected chi connectivity index (χ4v) is 1.86. The summed E-state index contributed by atoms with van der Waals surface area (Å²) in [6, 6.07) is 0. The van der Waals surface area contributed by atoms with Crippen molar-refractivity contribution >= 4 is 11.8 Å². The molecule has 1 unspecified atom stereocenters. The van der Waals surface area contributed by atoms with E-state index in [4.69, 9.17) is 0 Å². The third kappa shape index (κ3) is 5.12. The Labute approximate surface area is 69.2 Å². The molecule has 0 spiro atoms. The summed E-state index contributed by atoms with van der Waals surface area (Å²) in [6.45, 7) is 3.50. The van der Waals surface area contributed by atoms with E-state index in [1.165, 1.54) is 18.7 Å². The van der Waals surface area contributed by atoms with Gasteiger partial charge in [-0.1, -0.05) is 13.3 Å². The van der Waals surface area contributed by atoms with E-state index >= 15 is 0 Å². The molecule has 0 heterocycles. The molecule has 0 amide bonds. The molecule has 0 N–H and O–H groups in total. The number of nitrogens with zero attached hydrogens (tertiary/aromatic N) is 1. The van der Waals surface area contributed by atoms with Crippen LogP contribution in [-0.2, 0) is 0 Å². The van der Waals surface area contributed by atoms with Crippen LogP contribution < -0.4 is 0 Å². The minimum atomic E-state index is 0.880. The second-order valence-electron chi connectivity index (χ2n) is 2.99. The lowest BCUT2D eigenvalue weighted by Gasteiger charge is -2.18. The summed E-state index contributed by atoms with van der Waals surface area (Å²) in [5, 5.41) is 0. The largest absolute Gasteiger partial charge is 0.309 e. The van der Waals surface area contributed by atoms with E-state index < -0.39 is 0 Å². The molecule has 0 saturated carbocycles. The predicted molar refractivity (Wildman–Crippen MR) is 50.7 cm³/mol. The van der Waals surface area contributed by atoms with Crippen molar-refractivity contribution in [3.8, 4) is 0 Å². The zero-order valence-corrected chi connectivity index (χ0v) is 8.37. The maximum atomic E-state index is 2.27. The van der Waals surface area contributed by atoms with Crippen molar-refractivity contribution in [2.75, 3.05) is 32.6 Å². The first-order valence-corrected chi connectivity index (χ1v) is 5.23. The fraction of sp³-hybridized carbons (Fsp3) is 1.00. The highest BCUT2D eigenvalue weighted by molar-refractivity contribution is 7.98. The molecule has 0 bridgehead atoms. The first kappa shape index (κ1) is 10.3. The van der Waals surface area contributed by atoms with Crippen molar-refractivity contribution in [1.82, 2.24) is 4.90 Å². The highest BCUT2D eigenvalue weighted by Crippen LogP contribution is 2.09. The number of rotatable bonds is 5. The predicted octanol–water partition coefficient (Wildman–Crippen LogP) is 1.94. The molecule has 2 heteroatoms. The van der Waals surface area contributed by atoms with Crippen LogP contribution in [0.4, 0.5) is 0 Å². The van der Waals surface area contributed by atoms with Crippen molar-refractivity contribution in [3.63, 3.8) is 0 Å². The summed E-state index contributed by atoms with van der Waals surface area (Å²) in [7, 11) is 4.28. The minimum Gasteiger partial charge on any atom is -0.309 e. The van der Waals surface area contributed by atoms with Gasteiger partial charge < -0.3 is 4.90 Å². The summed E-state index contributed by atoms with van der Waals surface area (Å²) in [5.74, 6) is 2.18. The lowest BCUT2D eigenvalue weighted by atomic mass is 10.1. The van der Waals surface area contributed by atoms with Crippen molar-refractivity contribution in [3.05, 3.63) is 0 Å².